The Bertz CT molecular complexity index is 432. The molecule has 19 heavy (non-hydrogen) atoms. The molecule has 104 valence electrons. The smallest absolute Gasteiger partial charge is 0.320 e. The number of rotatable bonds is 6. The fourth-order valence-corrected chi connectivity index (χ4v) is 1.75. The highest BCUT2D eigenvalue weighted by atomic mass is 35.5. The molecule has 0 spiro atoms. The Kier molecular flexibility index (Phi) is 6.29. The number of aromatic nitrogens is 1. The average molecular weight is 286 g/mol. The Labute approximate surface area is 116 Å². The van der Waals surface area contributed by atoms with Crippen molar-refractivity contribution in [2.24, 2.45) is 5.92 Å². The monoisotopic (exact) mass is 285 g/mol. The van der Waals surface area contributed by atoms with E-state index in [9.17, 15) is 9.59 Å². The van der Waals surface area contributed by atoms with Crippen LogP contribution in [0.3, 0.4) is 0 Å². The molecule has 0 N–H and O–H groups in total. The van der Waals surface area contributed by atoms with Crippen molar-refractivity contribution in [2.45, 2.75) is 20.3 Å². The first-order valence-corrected chi connectivity index (χ1v) is 6.40. The van der Waals surface area contributed by atoms with Crippen molar-refractivity contribution < 1.29 is 19.1 Å². The highest BCUT2D eigenvalue weighted by molar-refractivity contribution is 6.29. The molecule has 0 aliphatic heterocycles. The van der Waals surface area contributed by atoms with Crippen LogP contribution in [0.15, 0.2) is 18.3 Å². The third-order valence-corrected chi connectivity index (χ3v) is 2.58. The quantitative estimate of drug-likeness (QED) is 0.454. The summed E-state index contributed by atoms with van der Waals surface area (Å²) in [6.07, 6.45) is 1.70. The largest absolute Gasteiger partial charge is 0.465 e. The van der Waals surface area contributed by atoms with Gasteiger partial charge in [0.05, 0.1) is 13.2 Å². The first kappa shape index (κ1) is 15.4. The maximum atomic E-state index is 11.8. The van der Waals surface area contributed by atoms with E-state index in [1.54, 1.807) is 26.0 Å². The summed E-state index contributed by atoms with van der Waals surface area (Å²) in [5, 5.41) is 0.309. The van der Waals surface area contributed by atoms with Gasteiger partial charge in [-0.15, -0.1) is 0 Å². The zero-order valence-corrected chi connectivity index (χ0v) is 11.6. The SMILES string of the molecule is CCOC(=O)C(Cc1ccnc(Cl)c1)C(=O)OCC. The third-order valence-electron chi connectivity index (χ3n) is 2.37. The number of ether oxygens (including phenoxy) is 2. The van der Waals surface area contributed by atoms with Crippen molar-refractivity contribution in [3.63, 3.8) is 0 Å². The number of carbonyl (C=O) groups excluding carboxylic acids is 2. The van der Waals surface area contributed by atoms with Crippen molar-refractivity contribution in [2.75, 3.05) is 13.2 Å². The fraction of sp³-hybridized carbons (Fsp3) is 0.462. The lowest BCUT2D eigenvalue weighted by Gasteiger charge is -2.14. The Morgan fingerprint density at radius 1 is 1.26 bits per heavy atom. The molecule has 1 rings (SSSR count). The van der Waals surface area contributed by atoms with Gasteiger partial charge < -0.3 is 9.47 Å². The number of nitrogens with zero attached hydrogens (tertiary/aromatic N) is 1. The molecular weight excluding hydrogens is 270 g/mol. The van der Waals surface area contributed by atoms with Gasteiger partial charge in [-0.05, 0) is 38.0 Å². The third kappa shape index (κ3) is 4.87. The number of hydrogen-bond acceptors (Lipinski definition) is 5. The van der Waals surface area contributed by atoms with Gasteiger partial charge in [0, 0.05) is 6.20 Å². The molecule has 1 aromatic rings. The van der Waals surface area contributed by atoms with Crippen LogP contribution in [0.5, 0.6) is 0 Å². The molecule has 0 bridgehead atoms. The molecule has 5 nitrogen and oxygen atoms in total. The van der Waals surface area contributed by atoms with Crippen LogP contribution in [-0.4, -0.2) is 30.1 Å². The molecule has 0 aromatic carbocycles. The Morgan fingerprint density at radius 3 is 2.32 bits per heavy atom. The number of pyridine rings is 1. The van der Waals surface area contributed by atoms with Gasteiger partial charge in [-0.25, -0.2) is 4.98 Å². The molecule has 0 unspecified atom stereocenters. The van der Waals surface area contributed by atoms with E-state index in [2.05, 4.69) is 4.98 Å². The molecule has 1 aromatic heterocycles. The molecule has 1 heterocycles. The van der Waals surface area contributed by atoms with Gasteiger partial charge in [0.2, 0.25) is 0 Å². The van der Waals surface area contributed by atoms with Crippen molar-refractivity contribution in [1.82, 2.24) is 4.98 Å². The van der Waals surface area contributed by atoms with Gasteiger partial charge in [-0.1, -0.05) is 11.6 Å². The molecule has 6 heteroatoms. The normalized spacial score (nSPS) is 10.3. The minimum Gasteiger partial charge on any atom is -0.465 e. The van der Waals surface area contributed by atoms with Crippen LogP contribution in [0.25, 0.3) is 0 Å². The zero-order valence-electron chi connectivity index (χ0n) is 10.9. The number of hydrogen-bond donors (Lipinski definition) is 0. The van der Waals surface area contributed by atoms with Crippen molar-refractivity contribution in [1.29, 1.82) is 0 Å². The number of esters is 2. The van der Waals surface area contributed by atoms with Crippen molar-refractivity contribution in [3.05, 3.63) is 29.0 Å². The molecule has 0 saturated heterocycles. The maximum Gasteiger partial charge on any atom is 0.320 e. The van der Waals surface area contributed by atoms with E-state index in [0.717, 1.165) is 5.56 Å². The average Bonchev–Trinajstić information content (AvgIpc) is 2.36. The minimum absolute atomic E-state index is 0.180. The maximum absolute atomic E-state index is 11.8. The van der Waals surface area contributed by atoms with Gasteiger partial charge in [0.15, 0.2) is 5.92 Å². The van der Waals surface area contributed by atoms with E-state index in [-0.39, 0.29) is 19.6 Å². The van der Waals surface area contributed by atoms with E-state index in [1.165, 1.54) is 6.20 Å². The zero-order chi connectivity index (χ0) is 14.3. The second kappa shape index (κ2) is 7.74. The van der Waals surface area contributed by atoms with Crippen molar-refractivity contribution >= 4 is 23.5 Å². The van der Waals surface area contributed by atoms with E-state index in [4.69, 9.17) is 21.1 Å². The molecular formula is C13H16ClNO4. The summed E-state index contributed by atoms with van der Waals surface area (Å²) in [5.41, 5.74) is 0.728. The van der Waals surface area contributed by atoms with Gasteiger partial charge >= 0.3 is 11.9 Å². The predicted octanol–water partition coefficient (Wildman–Crippen LogP) is 2.02. The van der Waals surface area contributed by atoms with Crippen LogP contribution in [0, 0.1) is 5.92 Å². The highest BCUT2D eigenvalue weighted by Crippen LogP contribution is 2.15. The van der Waals surface area contributed by atoms with Crippen LogP contribution in [0.2, 0.25) is 5.15 Å². The summed E-state index contributed by atoms with van der Waals surface area (Å²) in [6.45, 7) is 3.80. The lowest BCUT2D eigenvalue weighted by Crippen LogP contribution is -2.30. The Morgan fingerprint density at radius 2 is 1.84 bits per heavy atom. The van der Waals surface area contributed by atoms with Crippen molar-refractivity contribution in [3.8, 4) is 0 Å². The molecule has 0 amide bonds. The lowest BCUT2D eigenvalue weighted by atomic mass is 10.0. The molecule has 0 radical (unpaired) electrons. The standard InChI is InChI=1S/C13H16ClNO4/c1-3-18-12(16)10(13(17)19-4-2)7-9-5-6-15-11(14)8-9/h5-6,8,10H,3-4,7H2,1-2H3. The predicted molar refractivity (Wildman–Crippen MR) is 69.7 cm³/mol. The van der Waals surface area contributed by atoms with E-state index in [0.29, 0.717) is 5.15 Å². The summed E-state index contributed by atoms with van der Waals surface area (Å²) in [5.74, 6) is -2.15. The summed E-state index contributed by atoms with van der Waals surface area (Å²) >= 11 is 5.77. The van der Waals surface area contributed by atoms with Crippen LogP contribution in [-0.2, 0) is 25.5 Å². The minimum atomic E-state index is -0.974. The van der Waals surface area contributed by atoms with E-state index >= 15 is 0 Å². The highest BCUT2D eigenvalue weighted by Gasteiger charge is 2.29. The first-order chi connectivity index (χ1) is 9.08. The Hall–Kier alpha value is -1.62. The van der Waals surface area contributed by atoms with E-state index < -0.39 is 17.9 Å². The van der Waals surface area contributed by atoms with Crippen LogP contribution in [0.4, 0.5) is 0 Å². The topological polar surface area (TPSA) is 65.5 Å². The fourth-order valence-electron chi connectivity index (χ4n) is 1.55. The molecule has 0 saturated carbocycles. The first-order valence-electron chi connectivity index (χ1n) is 6.02. The number of carbonyl (C=O) groups is 2. The summed E-state index contributed by atoms with van der Waals surface area (Å²) < 4.78 is 9.77. The van der Waals surface area contributed by atoms with Gasteiger partial charge in [-0.2, -0.15) is 0 Å². The van der Waals surface area contributed by atoms with Crippen LogP contribution < -0.4 is 0 Å². The Balaban J connectivity index is 2.84. The second-order valence-corrected chi connectivity index (χ2v) is 4.13. The summed E-state index contributed by atoms with van der Waals surface area (Å²) in [7, 11) is 0. The molecule has 0 aliphatic rings. The second-order valence-electron chi connectivity index (χ2n) is 3.75. The van der Waals surface area contributed by atoms with Gasteiger partial charge in [0.1, 0.15) is 5.15 Å². The summed E-state index contributed by atoms with van der Waals surface area (Å²) in [6, 6.07) is 3.30. The summed E-state index contributed by atoms with van der Waals surface area (Å²) in [4.78, 5) is 27.4. The van der Waals surface area contributed by atoms with Crippen LogP contribution >= 0.6 is 11.6 Å². The van der Waals surface area contributed by atoms with E-state index in [1.807, 2.05) is 0 Å². The lowest BCUT2D eigenvalue weighted by molar-refractivity contribution is -0.161. The molecule has 0 aliphatic carbocycles. The van der Waals surface area contributed by atoms with Gasteiger partial charge in [0.25, 0.3) is 0 Å². The van der Waals surface area contributed by atoms with Gasteiger partial charge in [-0.3, -0.25) is 9.59 Å². The molecule has 0 fully saturated rings. The van der Waals surface area contributed by atoms with Crippen LogP contribution in [0.1, 0.15) is 19.4 Å². The number of halogens is 1. The molecule has 0 atom stereocenters.